The molecule has 2 unspecified atom stereocenters. The van der Waals surface area contributed by atoms with Gasteiger partial charge in [-0.1, -0.05) is 91.9 Å². The first-order chi connectivity index (χ1) is 30.0. The number of aromatic nitrogens is 3. The van der Waals surface area contributed by atoms with E-state index in [1.165, 1.54) is 87.9 Å². The van der Waals surface area contributed by atoms with Crippen LogP contribution in [0.2, 0.25) is 0 Å². The van der Waals surface area contributed by atoms with Crippen molar-refractivity contribution in [2.75, 3.05) is 0 Å². The predicted octanol–water partition coefficient (Wildman–Crippen LogP) is 11.9. The van der Waals surface area contributed by atoms with Crippen molar-refractivity contribution in [2.45, 2.75) is 50.6 Å². The average Bonchev–Trinajstić information content (AvgIpc) is 4.11. The molecule has 5 aromatic carbocycles. The summed E-state index contributed by atoms with van der Waals surface area (Å²) in [6, 6.07) is 62.9. The van der Waals surface area contributed by atoms with Gasteiger partial charge in [-0.25, -0.2) is 0 Å². The third-order valence-electron chi connectivity index (χ3n) is 13.8. The van der Waals surface area contributed by atoms with Gasteiger partial charge < -0.3 is 0 Å². The molecule has 2 spiro atoms. The largest absolute Gasteiger partial charge is 0.417 e. The Bertz CT molecular complexity index is 3100. The molecule has 4 heteroatoms. The van der Waals surface area contributed by atoms with Crippen molar-refractivity contribution in [3.05, 3.63) is 243 Å². The highest BCUT2D eigenvalue weighted by Gasteiger charge is 2.66. The third kappa shape index (κ3) is 5.38. The first kappa shape index (κ1) is 36.1. The van der Waals surface area contributed by atoms with Crippen molar-refractivity contribution in [3.63, 3.8) is 0 Å². The average molecular weight is 804 g/mol. The van der Waals surface area contributed by atoms with Crippen LogP contribution in [0.15, 0.2) is 188 Å². The SMILES string of the molecule is CCc1ccc2c(c1)C1(Cc3cc4c(cc3C1)C1(c3ccccc3-c3cccc[n+]31)[n+]1ccccc1-4)c1cc(Cc3ccc(C)s3)ccc1-2.c1ccc(-c2ccccn2)cc1. The molecule has 4 aliphatic rings. The van der Waals surface area contributed by atoms with Gasteiger partial charge >= 0.3 is 5.66 Å². The molecule has 2 aliphatic heterocycles. The van der Waals surface area contributed by atoms with Gasteiger partial charge in [0, 0.05) is 57.6 Å². The summed E-state index contributed by atoms with van der Waals surface area (Å²) in [6.45, 7) is 4.50. The maximum absolute atomic E-state index is 4.25. The van der Waals surface area contributed by atoms with Gasteiger partial charge in [0.15, 0.2) is 12.4 Å². The van der Waals surface area contributed by atoms with E-state index in [-0.39, 0.29) is 5.41 Å². The summed E-state index contributed by atoms with van der Waals surface area (Å²) in [4.78, 5) is 7.08. The predicted molar refractivity (Wildman–Crippen MR) is 247 cm³/mol. The van der Waals surface area contributed by atoms with Gasteiger partial charge in [0.05, 0.1) is 16.8 Å². The summed E-state index contributed by atoms with van der Waals surface area (Å²) in [6.07, 6.45) is 10.5. The Morgan fingerprint density at radius 1 is 0.541 bits per heavy atom. The zero-order valence-corrected chi connectivity index (χ0v) is 35.3. The Morgan fingerprint density at radius 3 is 1.90 bits per heavy atom. The third-order valence-corrected chi connectivity index (χ3v) is 14.8. The van der Waals surface area contributed by atoms with Crippen LogP contribution in [-0.2, 0) is 36.8 Å². The summed E-state index contributed by atoms with van der Waals surface area (Å²) in [5, 5.41) is 0. The molecule has 3 nitrogen and oxygen atoms in total. The van der Waals surface area contributed by atoms with Gasteiger partial charge in [0.1, 0.15) is 11.1 Å². The maximum Gasteiger partial charge on any atom is 0.417 e. The van der Waals surface area contributed by atoms with E-state index in [9.17, 15) is 0 Å². The second kappa shape index (κ2) is 13.9. The number of fused-ring (bicyclic) bond motifs is 16. The second-order valence-corrected chi connectivity index (χ2v) is 18.5. The fourth-order valence-electron chi connectivity index (χ4n) is 11.1. The highest BCUT2D eigenvalue weighted by Crippen LogP contribution is 2.57. The second-order valence-electron chi connectivity index (χ2n) is 17.1. The fraction of sp³-hybridized carbons (Fsp3) is 0.140. The van der Waals surface area contributed by atoms with Crippen LogP contribution < -0.4 is 9.13 Å². The van der Waals surface area contributed by atoms with Gasteiger partial charge in [-0.05, 0) is 131 Å². The minimum atomic E-state index is -0.462. The van der Waals surface area contributed by atoms with E-state index in [1.54, 1.807) is 0 Å². The molecule has 13 rings (SSSR count). The Labute approximate surface area is 362 Å². The number of hydrogen-bond donors (Lipinski definition) is 0. The number of hydrogen-bond acceptors (Lipinski definition) is 2. The monoisotopic (exact) mass is 803 g/mol. The van der Waals surface area contributed by atoms with Gasteiger partial charge in [0.25, 0.3) is 0 Å². The van der Waals surface area contributed by atoms with Crippen LogP contribution >= 0.6 is 11.3 Å². The first-order valence-corrected chi connectivity index (χ1v) is 22.4. The summed E-state index contributed by atoms with van der Waals surface area (Å²) in [5.41, 5.74) is 21.4. The summed E-state index contributed by atoms with van der Waals surface area (Å²) >= 11 is 1.92. The topological polar surface area (TPSA) is 20.6 Å². The lowest BCUT2D eigenvalue weighted by atomic mass is 9.75. The highest BCUT2D eigenvalue weighted by molar-refractivity contribution is 7.11. The molecule has 0 bridgehead atoms. The van der Waals surface area contributed by atoms with Crippen LogP contribution in [0.1, 0.15) is 61.2 Å². The van der Waals surface area contributed by atoms with Gasteiger partial charge in [-0.3, -0.25) is 4.98 Å². The molecule has 2 atom stereocenters. The number of benzene rings is 5. The molecule has 4 aromatic heterocycles. The van der Waals surface area contributed by atoms with E-state index in [0.29, 0.717) is 0 Å². The minimum absolute atomic E-state index is 0.0624. The maximum atomic E-state index is 4.25. The molecular formula is C57H45N3S+2. The number of aryl methyl sites for hydroxylation is 2. The molecule has 0 amide bonds. The zero-order valence-electron chi connectivity index (χ0n) is 34.5. The van der Waals surface area contributed by atoms with Gasteiger partial charge in [0.2, 0.25) is 11.4 Å². The van der Waals surface area contributed by atoms with Crippen LogP contribution in [0.5, 0.6) is 0 Å². The van der Waals surface area contributed by atoms with Gasteiger partial charge in [-0.15, -0.1) is 20.5 Å². The molecule has 61 heavy (non-hydrogen) atoms. The number of rotatable bonds is 4. The molecule has 0 N–H and O–H groups in total. The van der Waals surface area contributed by atoms with Crippen LogP contribution in [0, 0.1) is 6.92 Å². The number of nitrogens with zero attached hydrogens (tertiary/aromatic N) is 3. The highest BCUT2D eigenvalue weighted by atomic mass is 32.1. The smallest absolute Gasteiger partial charge is 0.256 e. The number of pyridine rings is 3. The van der Waals surface area contributed by atoms with Crippen molar-refractivity contribution < 1.29 is 9.13 Å². The lowest BCUT2D eigenvalue weighted by Gasteiger charge is -2.27. The molecule has 0 saturated carbocycles. The molecule has 9 aromatic rings. The van der Waals surface area contributed by atoms with Crippen molar-refractivity contribution in [3.8, 4) is 44.9 Å². The molecule has 0 radical (unpaired) electrons. The van der Waals surface area contributed by atoms with E-state index in [1.807, 2.05) is 53.9 Å². The Morgan fingerprint density at radius 2 is 1.20 bits per heavy atom. The molecule has 0 fully saturated rings. The summed E-state index contributed by atoms with van der Waals surface area (Å²) in [5.74, 6) is 0. The van der Waals surface area contributed by atoms with Crippen molar-refractivity contribution in [2.24, 2.45) is 0 Å². The lowest BCUT2D eigenvalue weighted by molar-refractivity contribution is -0.955. The first-order valence-electron chi connectivity index (χ1n) is 21.6. The zero-order chi connectivity index (χ0) is 40.7. The standard InChI is InChI=1S/C46H36N2S.C11H9N/c1-3-30-15-18-35-36-19-16-31(22-34-17-14-29(2)49-34)24-41(36)45(40(35)23-30)27-32-25-38-42(26-33(32)28-45)46(48-21-9-7-13-44(38)48)39-11-5-4-10-37(39)43-12-6-8-20-47(43)46;1-2-6-10(7-3-1)11-8-4-5-9-12-11/h4-21,23-26H,3,22,27-28H2,1-2H3;1-9H/q+2;. The molecule has 2 aliphatic carbocycles. The van der Waals surface area contributed by atoms with Crippen LogP contribution in [0.3, 0.4) is 0 Å². The van der Waals surface area contributed by atoms with Gasteiger partial charge in [-0.2, -0.15) is 0 Å². The molecule has 292 valence electrons. The summed E-state index contributed by atoms with van der Waals surface area (Å²) in [7, 11) is 0. The van der Waals surface area contributed by atoms with Crippen LogP contribution in [0.25, 0.3) is 44.9 Å². The van der Waals surface area contributed by atoms with E-state index in [4.69, 9.17) is 0 Å². The lowest BCUT2D eigenvalue weighted by Crippen LogP contribution is -2.71. The van der Waals surface area contributed by atoms with E-state index in [2.05, 4.69) is 174 Å². The van der Waals surface area contributed by atoms with Crippen LogP contribution in [-0.4, -0.2) is 4.98 Å². The van der Waals surface area contributed by atoms with Crippen molar-refractivity contribution >= 4 is 11.3 Å². The summed E-state index contributed by atoms with van der Waals surface area (Å²) < 4.78 is 5.06. The minimum Gasteiger partial charge on any atom is -0.256 e. The van der Waals surface area contributed by atoms with E-state index < -0.39 is 5.66 Å². The fourth-order valence-corrected chi connectivity index (χ4v) is 12.1. The van der Waals surface area contributed by atoms with Crippen LogP contribution in [0.4, 0.5) is 0 Å². The molecule has 6 heterocycles. The van der Waals surface area contributed by atoms with Crippen molar-refractivity contribution in [1.82, 2.24) is 4.98 Å². The Hall–Kier alpha value is -6.75. The molecule has 0 saturated heterocycles. The number of thiophene rings is 1. The molecular weight excluding hydrogens is 759 g/mol. The van der Waals surface area contributed by atoms with E-state index in [0.717, 1.165) is 36.9 Å². The quantitative estimate of drug-likeness (QED) is 0.162. The Balaban J connectivity index is 0.000000287. The van der Waals surface area contributed by atoms with Crippen molar-refractivity contribution in [1.29, 1.82) is 0 Å². The Kier molecular flexibility index (Phi) is 8.24. The normalized spacial score (nSPS) is 17.8. The van der Waals surface area contributed by atoms with E-state index >= 15 is 0 Å².